The average molecular weight is 362 g/mol. The number of rotatable bonds is 5. The lowest BCUT2D eigenvalue weighted by molar-refractivity contribution is 0.0645. The lowest BCUT2D eigenvalue weighted by atomic mass is 10.1. The zero-order valence-electron chi connectivity index (χ0n) is 16.1. The van der Waals surface area contributed by atoms with Crippen LogP contribution in [0.1, 0.15) is 39.6 Å². The van der Waals surface area contributed by atoms with Crippen LogP contribution in [0.5, 0.6) is 0 Å². The average Bonchev–Trinajstić information content (AvgIpc) is 3.01. The molecule has 3 rings (SSSR count). The van der Waals surface area contributed by atoms with Crippen LogP contribution in [0.25, 0.3) is 0 Å². The molecule has 1 aromatic heterocycles. The second-order valence-electron chi connectivity index (χ2n) is 7.49. The van der Waals surface area contributed by atoms with Crippen LogP contribution in [0, 0.1) is 0 Å². The van der Waals surface area contributed by atoms with Crippen LogP contribution in [0.2, 0.25) is 0 Å². The van der Waals surface area contributed by atoms with Gasteiger partial charge < -0.3 is 24.6 Å². The zero-order valence-corrected chi connectivity index (χ0v) is 16.1. The summed E-state index contributed by atoms with van der Waals surface area (Å²) in [7, 11) is 6.00. The molecule has 3 heterocycles. The van der Waals surface area contributed by atoms with E-state index in [1.165, 1.54) is 0 Å². The molecule has 8 nitrogen and oxygen atoms in total. The van der Waals surface area contributed by atoms with Crippen molar-refractivity contribution in [3.8, 4) is 0 Å². The van der Waals surface area contributed by atoms with Crippen LogP contribution < -0.4 is 5.32 Å². The molecule has 2 amide bonds. The van der Waals surface area contributed by atoms with E-state index in [0.29, 0.717) is 31.2 Å². The van der Waals surface area contributed by atoms with Gasteiger partial charge in [-0.3, -0.25) is 9.59 Å². The van der Waals surface area contributed by atoms with Crippen molar-refractivity contribution in [1.82, 2.24) is 29.6 Å². The highest BCUT2D eigenvalue weighted by atomic mass is 16.2. The van der Waals surface area contributed by atoms with Gasteiger partial charge in [-0.1, -0.05) is 0 Å². The van der Waals surface area contributed by atoms with Gasteiger partial charge in [0.05, 0.1) is 5.69 Å². The second-order valence-corrected chi connectivity index (χ2v) is 7.49. The van der Waals surface area contributed by atoms with Crippen LogP contribution >= 0.6 is 0 Å². The maximum Gasteiger partial charge on any atom is 0.289 e. The largest absolute Gasteiger partial charge is 0.349 e. The molecular weight excluding hydrogens is 332 g/mol. The molecular formula is C18H30N6O2. The molecule has 0 saturated carbocycles. The Morgan fingerprint density at radius 2 is 1.85 bits per heavy atom. The Kier molecular flexibility index (Phi) is 5.93. The molecule has 0 spiro atoms. The van der Waals surface area contributed by atoms with E-state index >= 15 is 0 Å². The quantitative estimate of drug-likeness (QED) is 0.792. The molecule has 2 aliphatic heterocycles. The Morgan fingerprint density at radius 3 is 2.54 bits per heavy atom. The monoisotopic (exact) mass is 362 g/mol. The van der Waals surface area contributed by atoms with Gasteiger partial charge in [0.1, 0.15) is 5.69 Å². The Bertz CT molecular complexity index is 661. The molecule has 144 valence electrons. The lowest BCUT2D eigenvalue weighted by Gasteiger charge is -2.32. The SMILES string of the molecule is CN(C)CCNC(=O)c1nc(C(=O)N2CCN(C)CC2)n2c1CCCC2. The summed E-state index contributed by atoms with van der Waals surface area (Å²) in [4.78, 5) is 36.2. The Labute approximate surface area is 155 Å². The highest BCUT2D eigenvalue weighted by Crippen LogP contribution is 2.22. The van der Waals surface area contributed by atoms with Gasteiger partial charge in [-0.2, -0.15) is 0 Å². The molecule has 0 atom stereocenters. The van der Waals surface area contributed by atoms with E-state index < -0.39 is 0 Å². The summed E-state index contributed by atoms with van der Waals surface area (Å²) in [5.74, 6) is 0.213. The molecule has 0 bridgehead atoms. The molecule has 1 fully saturated rings. The highest BCUT2D eigenvalue weighted by molar-refractivity contribution is 5.97. The number of likely N-dealkylation sites (N-methyl/N-ethyl adjacent to an activating group) is 2. The Balaban J connectivity index is 1.79. The second kappa shape index (κ2) is 8.18. The number of aromatic nitrogens is 2. The fourth-order valence-electron chi connectivity index (χ4n) is 3.52. The van der Waals surface area contributed by atoms with Gasteiger partial charge in [-0.25, -0.2) is 4.98 Å². The fourth-order valence-corrected chi connectivity index (χ4v) is 3.52. The number of fused-ring (bicyclic) bond motifs is 1. The summed E-state index contributed by atoms with van der Waals surface area (Å²) in [6, 6.07) is 0. The van der Waals surface area contributed by atoms with E-state index in [2.05, 4.69) is 22.2 Å². The molecule has 8 heteroatoms. The normalized spacial score (nSPS) is 18.1. The van der Waals surface area contributed by atoms with Crippen LogP contribution in [0.15, 0.2) is 0 Å². The first-order chi connectivity index (χ1) is 12.5. The van der Waals surface area contributed by atoms with Crippen LogP contribution in [-0.4, -0.2) is 96.5 Å². The summed E-state index contributed by atoms with van der Waals surface area (Å²) < 4.78 is 1.98. The van der Waals surface area contributed by atoms with Crippen molar-refractivity contribution in [1.29, 1.82) is 0 Å². The number of nitrogens with one attached hydrogen (secondary N) is 1. The van der Waals surface area contributed by atoms with Gasteiger partial charge in [0.15, 0.2) is 5.82 Å². The minimum Gasteiger partial charge on any atom is -0.349 e. The zero-order chi connectivity index (χ0) is 18.7. The van der Waals surface area contributed by atoms with E-state index in [-0.39, 0.29) is 11.8 Å². The van der Waals surface area contributed by atoms with Crippen LogP contribution in [-0.2, 0) is 13.0 Å². The summed E-state index contributed by atoms with van der Waals surface area (Å²) in [6.07, 6.45) is 2.86. The van der Waals surface area contributed by atoms with Gasteiger partial charge in [-0.05, 0) is 40.4 Å². The molecule has 26 heavy (non-hydrogen) atoms. The van der Waals surface area contributed by atoms with Gasteiger partial charge in [0.25, 0.3) is 11.8 Å². The predicted octanol–water partition coefficient (Wildman–Crippen LogP) is -0.102. The van der Waals surface area contributed by atoms with Crippen molar-refractivity contribution in [2.75, 3.05) is 60.4 Å². The van der Waals surface area contributed by atoms with Crippen molar-refractivity contribution >= 4 is 11.8 Å². The maximum atomic E-state index is 13.0. The third-order valence-corrected chi connectivity index (χ3v) is 5.16. The van der Waals surface area contributed by atoms with E-state index in [4.69, 9.17) is 0 Å². The smallest absolute Gasteiger partial charge is 0.289 e. The molecule has 0 aromatic carbocycles. The number of imidazole rings is 1. The molecule has 0 unspecified atom stereocenters. The summed E-state index contributed by atoms with van der Waals surface area (Å²) in [5.41, 5.74) is 1.34. The van der Waals surface area contributed by atoms with E-state index in [1.54, 1.807) is 0 Å². The standard InChI is InChI=1S/C18H30N6O2/c1-21(2)9-7-19-17(25)15-14-6-4-5-8-24(14)16(20-15)18(26)23-12-10-22(3)11-13-23/h4-13H2,1-3H3,(H,19,25). The number of carbonyl (C=O) groups excluding carboxylic acids is 2. The third kappa shape index (κ3) is 4.07. The number of hydrogen-bond donors (Lipinski definition) is 1. The number of hydrogen-bond acceptors (Lipinski definition) is 5. The van der Waals surface area contributed by atoms with E-state index in [9.17, 15) is 9.59 Å². The van der Waals surface area contributed by atoms with Crippen molar-refractivity contribution in [2.24, 2.45) is 0 Å². The minimum absolute atomic E-state index is 0.0476. The number of nitrogens with zero attached hydrogens (tertiary/aromatic N) is 5. The van der Waals surface area contributed by atoms with Crippen LogP contribution in [0.3, 0.4) is 0 Å². The van der Waals surface area contributed by atoms with E-state index in [1.807, 2.05) is 28.5 Å². The summed E-state index contributed by atoms with van der Waals surface area (Å²) in [5, 5.41) is 2.93. The molecule has 1 saturated heterocycles. The summed E-state index contributed by atoms with van der Waals surface area (Å²) in [6.45, 7) is 5.27. The van der Waals surface area contributed by atoms with Gasteiger partial charge in [0, 0.05) is 45.8 Å². The van der Waals surface area contributed by atoms with Gasteiger partial charge in [0.2, 0.25) is 0 Å². The van der Waals surface area contributed by atoms with E-state index in [0.717, 1.165) is 51.1 Å². The maximum absolute atomic E-state index is 13.0. The topological polar surface area (TPSA) is 73.7 Å². The highest BCUT2D eigenvalue weighted by Gasteiger charge is 2.30. The van der Waals surface area contributed by atoms with Crippen molar-refractivity contribution in [3.05, 3.63) is 17.2 Å². The van der Waals surface area contributed by atoms with Crippen molar-refractivity contribution in [2.45, 2.75) is 25.8 Å². The molecule has 2 aliphatic rings. The summed E-state index contributed by atoms with van der Waals surface area (Å²) >= 11 is 0. The Morgan fingerprint density at radius 1 is 1.12 bits per heavy atom. The first kappa shape index (κ1) is 18.8. The molecule has 1 aromatic rings. The number of amides is 2. The molecule has 1 N–H and O–H groups in total. The minimum atomic E-state index is -0.171. The third-order valence-electron chi connectivity index (χ3n) is 5.16. The lowest BCUT2D eigenvalue weighted by Crippen LogP contribution is -2.47. The molecule has 0 radical (unpaired) electrons. The predicted molar refractivity (Wildman–Crippen MR) is 99.5 cm³/mol. The first-order valence-electron chi connectivity index (χ1n) is 9.47. The molecule has 0 aliphatic carbocycles. The first-order valence-corrected chi connectivity index (χ1v) is 9.47. The fraction of sp³-hybridized carbons (Fsp3) is 0.722. The van der Waals surface area contributed by atoms with Gasteiger partial charge in [-0.15, -0.1) is 0 Å². The Hall–Kier alpha value is -1.93. The number of piperazine rings is 1. The van der Waals surface area contributed by atoms with Crippen molar-refractivity contribution < 1.29 is 9.59 Å². The van der Waals surface area contributed by atoms with Crippen molar-refractivity contribution in [3.63, 3.8) is 0 Å². The van der Waals surface area contributed by atoms with Crippen LogP contribution in [0.4, 0.5) is 0 Å². The van der Waals surface area contributed by atoms with Gasteiger partial charge >= 0.3 is 0 Å². The number of carbonyl (C=O) groups is 2.